The molecule has 104 valence electrons. The number of ether oxygens (including phenoxy) is 1. The van der Waals surface area contributed by atoms with Crippen LogP contribution in [0.2, 0.25) is 0 Å². The zero-order valence-electron chi connectivity index (χ0n) is 11.3. The number of morpholine rings is 1. The fourth-order valence-corrected chi connectivity index (χ4v) is 2.46. The smallest absolute Gasteiger partial charge is 0.257 e. The number of amides is 1. The zero-order valence-corrected chi connectivity index (χ0v) is 11.3. The van der Waals surface area contributed by atoms with Crippen LogP contribution in [-0.2, 0) is 4.74 Å². The van der Waals surface area contributed by atoms with Crippen molar-refractivity contribution in [1.29, 1.82) is 0 Å². The minimum absolute atomic E-state index is 0.0738. The third-order valence-electron chi connectivity index (χ3n) is 3.05. The number of hydrogen-bond donors (Lipinski definition) is 1. The molecule has 1 heterocycles. The monoisotopic (exact) mass is 267 g/mol. The molecule has 1 fully saturated rings. The molecule has 1 aromatic rings. The molecule has 0 radical (unpaired) electrons. The van der Waals surface area contributed by atoms with Crippen molar-refractivity contribution in [2.75, 3.05) is 13.1 Å². The molecule has 1 unspecified atom stereocenters. The maximum Gasteiger partial charge on any atom is 0.257 e. The van der Waals surface area contributed by atoms with Crippen LogP contribution >= 0.6 is 0 Å². The van der Waals surface area contributed by atoms with Gasteiger partial charge < -0.3 is 14.7 Å². The van der Waals surface area contributed by atoms with E-state index in [0.29, 0.717) is 13.1 Å². The van der Waals surface area contributed by atoms with E-state index in [2.05, 4.69) is 0 Å². The van der Waals surface area contributed by atoms with Crippen LogP contribution in [0.25, 0.3) is 0 Å². The summed E-state index contributed by atoms with van der Waals surface area (Å²) in [7, 11) is 0. The van der Waals surface area contributed by atoms with Crippen molar-refractivity contribution in [3.63, 3.8) is 0 Å². The van der Waals surface area contributed by atoms with E-state index in [4.69, 9.17) is 4.74 Å². The Morgan fingerprint density at radius 2 is 2.21 bits per heavy atom. The molecule has 19 heavy (non-hydrogen) atoms. The minimum Gasteiger partial charge on any atom is -0.507 e. The molecule has 2 rings (SSSR count). The number of carbonyl (C=O) groups excluding carboxylic acids is 1. The average molecular weight is 267 g/mol. The molecule has 0 bridgehead atoms. The summed E-state index contributed by atoms with van der Waals surface area (Å²) in [5.74, 6) is -1.20. The lowest BCUT2D eigenvalue weighted by Crippen LogP contribution is -2.53. The van der Waals surface area contributed by atoms with E-state index in [9.17, 15) is 14.3 Å². The number of benzene rings is 1. The second-order valence-corrected chi connectivity index (χ2v) is 5.54. The zero-order chi connectivity index (χ0) is 14.2. The van der Waals surface area contributed by atoms with Crippen LogP contribution in [0, 0.1) is 5.82 Å². The standard InChI is InChI=1S/C14H18FNO3/c1-9-7-16(8-14(2,3)19-9)13(18)11-5-4-10(15)6-12(11)17/h4-6,9,17H,7-8H2,1-3H3. The highest BCUT2D eigenvalue weighted by molar-refractivity contribution is 5.96. The van der Waals surface area contributed by atoms with E-state index in [0.717, 1.165) is 6.07 Å². The Kier molecular flexibility index (Phi) is 3.49. The van der Waals surface area contributed by atoms with Gasteiger partial charge in [0.1, 0.15) is 11.6 Å². The van der Waals surface area contributed by atoms with Crippen molar-refractivity contribution in [3.8, 4) is 5.75 Å². The van der Waals surface area contributed by atoms with E-state index in [-0.39, 0.29) is 23.3 Å². The van der Waals surface area contributed by atoms with Gasteiger partial charge in [0, 0.05) is 19.2 Å². The molecule has 1 amide bonds. The van der Waals surface area contributed by atoms with Gasteiger partial charge in [0.25, 0.3) is 5.91 Å². The van der Waals surface area contributed by atoms with E-state index < -0.39 is 11.4 Å². The van der Waals surface area contributed by atoms with Crippen LogP contribution < -0.4 is 0 Å². The lowest BCUT2D eigenvalue weighted by molar-refractivity contribution is -0.118. The molecule has 0 spiro atoms. The summed E-state index contributed by atoms with van der Waals surface area (Å²) in [6, 6.07) is 3.42. The number of nitrogens with zero attached hydrogens (tertiary/aromatic N) is 1. The Morgan fingerprint density at radius 1 is 1.53 bits per heavy atom. The molecule has 0 aliphatic carbocycles. The van der Waals surface area contributed by atoms with Gasteiger partial charge in [0.05, 0.1) is 17.3 Å². The van der Waals surface area contributed by atoms with Crippen LogP contribution in [0.15, 0.2) is 18.2 Å². The molecular formula is C14H18FNO3. The van der Waals surface area contributed by atoms with Gasteiger partial charge in [0.2, 0.25) is 0 Å². The van der Waals surface area contributed by atoms with Gasteiger partial charge in [-0.05, 0) is 32.9 Å². The summed E-state index contributed by atoms with van der Waals surface area (Å²) in [6.07, 6.45) is -0.0738. The summed E-state index contributed by atoms with van der Waals surface area (Å²) in [4.78, 5) is 14.0. The summed E-state index contributed by atoms with van der Waals surface area (Å²) < 4.78 is 18.7. The van der Waals surface area contributed by atoms with E-state index in [1.54, 1.807) is 4.90 Å². The first kappa shape index (κ1) is 13.8. The molecule has 1 atom stereocenters. The van der Waals surface area contributed by atoms with Gasteiger partial charge in [-0.1, -0.05) is 0 Å². The normalized spacial score (nSPS) is 22.3. The number of phenolic OH excluding ortho intramolecular Hbond substituents is 1. The maximum absolute atomic E-state index is 12.9. The van der Waals surface area contributed by atoms with Crippen LogP contribution in [0.3, 0.4) is 0 Å². The molecule has 1 aromatic carbocycles. The topological polar surface area (TPSA) is 49.8 Å². The molecule has 1 aliphatic rings. The quantitative estimate of drug-likeness (QED) is 0.848. The van der Waals surface area contributed by atoms with Gasteiger partial charge in [-0.15, -0.1) is 0 Å². The third-order valence-corrected chi connectivity index (χ3v) is 3.05. The third kappa shape index (κ3) is 3.04. The molecule has 1 N–H and O–H groups in total. The number of phenols is 1. The number of rotatable bonds is 1. The molecule has 0 saturated carbocycles. The van der Waals surface area contributed by atoms with Crippen LogP contribution in [-0.4, -0.2) is 40.7 Å². The Hall–Kier alpha value is -1.62. The first-order chi connectivity index (χ1) is 8.78. The predicted octanol–water partition coefficient (Wildman–Crippen LogP) is 2.17. The van der Waals surface area contributed by atoms with Crippen molar-refractivity contribution in [2.45, 2.75) is 32.5 Å². The largest absolute Gasteiger partial charge is 0.507 e. The van der Waals surface area contributed by atoms with Gasteiger partial charge in [0.15, 0.2) is 0 Å². The van der Waals surface area contributed by atoms with Gasteiger partial charge in [-0.3, -0.25) is 4.79 Å². The van der Waals surface area contributed by atoms with Crippen molar-refractivity contribution in [1.82, 2.24) is 4.90 Å². The molecule has 5 heteroatoms. The lowest BCUT2D eigenvalue weighted by Gasteiger charge is -2.41. The van der Waals surface area contributed by atoms with Gasteiger partial charge in [-0.25, -0.2) is 4.39 Å². The highest BCUT2D eigenvalue weighted by Crippen LogP contribution is 2.25. The fourth-order valence-electron chi connectivity index (χ4n) is 2.46. The average Bonchev–Trinajstić information content (AvgIpc) is 2.25. The highest BCUT2D eigenvalue weighted by atomic mass is 19.1. The summed E-state index contributed by atoms with van der Waals surface area (Å²) in [5, 5.41) is 9.67. The molecule has 1 saturated heterocycles. The molecular weight excluding hydrogens is 249 g/mol. The molecule has 0 aromatic heterocycles. The van der Waals surface area contributed by atoms with Gasteiger partial charge in [-0.2, -0.15) is 0 Å². The Morgan fingerprint density at radius 3 is 2.79 bits per heavy atom. The SMILES string of the molecule is CC1CN(C(=O)c2ccc(F)cc2O)CC(C)(C)O1. The van der Waals surface area contributed by atoms with Crippen LogP contribution in [0.4, 0.5) is 4.39 Å². The minimum atomic E-state index is -0.565. The van der Waals surface area contributed by atoms with Crippen molar-refractivity contribution in [2.24, 2.45) is 0 Å². The Balaban J connectivity index is 2.24. The van der Waals surface area contributed by atoms with E-state index >= 15 is 0 Å². The van der Waals surface area contributed by atoms with Crippen molar-refractivity contribution < 1.29 is 19.0 Å². The fraction of sp³-hybridized carbons (Fsp3) is 0.500. The predicted molar refractivity (Wildman–Crippen MR) is 68.6 cm³/mol. The number of halogens is 1. The second kappa shape index (κ2) is 4.81. The van der Waals surface area contributed by atoms with E-state index in [1.807, 2.05) is 20.8 Å². The van der Waals surface area contributed by atoms with Gasteiger partial charge >= 0.3 is 0 Å². The maximum atomic E-state index is 12.9. The molecule has 4 nitrogen and oxygen atoms in total. The van der Waals surface area contributed by atoms with Crippen LogP contribution in [0.5, 0.6) is 5.75 Å². The van der Waals surface area contributed by atoms with Crippen LogP contribution in [0.1, 0.15) is 31.1 Å². The first-order valence-electron chi connectivity index (χ1n) is 6.24. The first-order valence-corrected chi connectivity index (χ1v) is 6.24. The lowest BCUT2D eigenvalue weighted by atomic mass is 10.0. The second-order valence-electron chi connectivity index (χ2n) is 5.54. The molecule has 1 aliphatic heterocycles. The number of carbonyl (C=O) groups is 1. The number of hydrogen-bond acceptors (Lipinski definition) is 3. The summed E-state index contributed by atoms with van der Waals surface area (Å²) in [5.41, 5.74) is -0.311. The van der Waals surface area contributed by atoms with Crippen molar-refractivity contribution >= 4 is 5.91 Å². The number of aromatic hydroxyl groups is 1. The van der Waals surface area contributed by atoms with E-state index in [1.165, 1.54) is 12.1 Å². The summed E-state index contributed by atoms with van der Waals surface area (Å²) in [6.45, 7) is 6.61. The highest BCUT2D eigenvalue weighted by Gasteiger charge is 2.34. The van der Waals surface area contributed by atoms with Crippen molar-refractivity contribution in [3.05, 3.63) is 29.6 Å². The summed E-state index contributed by atoms with van der Waals surface area (Å²) >= 11 is 0. The Labute approximate surface area is 111 Å². The Bertz CT molecular complexity index is 501.